The van der Waals surface area contributed by atoms with E-state index in [1.165, 1.54) is 0 Å². The van der Waals surface area contributed by atoms with Crippen LogP contribution in [0.15, 0.2) is 18.2 Å². The van der Waals surface area contributed by atoms with Gasteiger partial charge >= 0.3 is 6.01 Å². The fourth-order valence-electron chi connectivity index (χ4n) is 2.13. The molecule has 0 aliphatic rings. The van der Waals surface area contributed by atoms with Crippen molar-refractivity contribution in [2.45, 2.75) is 34.6 Å². The molecule has 0 atom stereocenters. The van der Waals surface area contributed by atoms with E-state index in [-0.39, 0.29) is 5.91 Å². The van der Waals surface area contributed by atoms with Crippen molar-refractivity contribution in [2.24, 2.45) is 0 Å². The molecule has 2 aromatic rings. The Kier molecular flexibility index (Phi) is 4.75. The number of hydrogen-bond donors (Lipinski definition) is 1. The van der Waals surface area contributed by atoms with Gasteiger partial charge in [0.25, 0.3) is 5.91 Å². The maximum Gasteiger partial charge on any atom is 0.316 e. The number of benzene rings is 1. The van der Waals surface area contributed by atoms with Gasteiger partial charge in [0.05, 0.1) is 23.7 Å². The number of amides is 1. The third-order valence-electron chi connectivity index (χ3n) is 3.53. The van der Waals surface area contributed by atoms with Crippen molar-refractivity contribution in [2.75, 3.05) is 11.9 Å². The zero-order valence-electron chi connectivity index (χ0n) is 13.7. The van der Waals surface area contributed by atoms with Crippen molar-refractivity contribution in [3.8, 4) is 6.01 Å². The molecule has 0 spiro atoms. The first-order chi connectivity index (χ1) is 10.4. The second-order valence-corrected chi connectivity index (χ2v) is 5.24. The predicted octanol–water partition coefficient (Wildman–Crippen LogP) is 3.36. The summed E-state index contributed by atoms with van der Waals surface area (Å²) < 4.78 is 5.31. The number of nitrogens with one attached hydrogen (secondary N) is 1. The molecule has 1 aromatic carbocycles. The fourth-order valence-corrected chi connectivity index (χ4v) is 2.13. The second-order valence-electron chi connectivity index (χ2n) is 5.24. The summed E-state index contributed by atoms with van der Waals surface area (Å²) in [5, 5.41) is 2.89. The summed E-state index contributed by atoms with van der Waals surface area (Å²) >= 11 is 0. The van der Waals surface area contributed by atoms with Gasteiger partial charge in [-0.1, -0.05) is 6.07 Å². The van der Waals surface area contributed by atoms with Gasteiger partial charge in [0.2, 0.25) is 0 Å². The molecule has 116 valence electrons. The quantitative estimate of drug-likeness (QED) is 0.940. The van der Waals surface area contributed by atoms with Crippen LogP contribution in [0.5, 0.6) is 6.01 Å². The van der Waals surface area contributed by atoms with Crippen LogP contribution in [0.25, 0.3) is 0 Å². The maximum absolute atomic E-state index is 12.4. The molecule has 0 saturated heterocycles. The number of carbonyl (C=O) groups excluding carboxylic acids is 1. The summed E-state index contributed by atoms with van der Waals surface area (Å²) in [4.78, 5) is 20.9. The predicted molar refractivity (Wildman–Crippen MR) is 86.5 cm³/mol. The minimum atomic E-state index is -0.165. The summed E-state index contributed by atoms with van der Waals surface area (Å²) in [5.74, 6) is -0.165. The zero-order valence-corrected chi connectivity index (χ0v) is 13.7. The van der Waals surface area contributed by atoms with Gasteiger partial charge < -0.3 is 10.1 Å². The highest BCUT2D eigenvalue weighted by Gasteiger charge is 2.14. The largest absolute Gasteiger partial charge is 0.464 e. The van der Waals surface area contributed by atoms with E-state index in [0.29, 0.717) is 35.3 Å². The molecule has 1 aromatic heterocycles. The van der Waals surface area contributed by atoms with Crippen LogP contribution in [-0.2, 0) is 0 Å². The van der Waals surface area contributed by atoms with E-state index >= 15 is 0 Å². The Hall–Kier alpha value is -2.43. The monoisotopic (exact) mass is 299 g/mol. The molecule has 1 amide bonds. The lowest BCUT2D eigenvalue weighted by Gasteiger charge is -2.12. The van der Waals surface area contributed by atoms with Gasteiger partial charge in [-0.15, -0.1) is 0 Å². The fraction of sp³-hybridized carbons (Fsp3) is 0.353. The molecule has 0 radical (unpaired) electrons. The van der Waals surface area contributed by atoms with Crippen molar-refractivity contribution in [3.63, 3.8) is 0 Å². The molecule has 0 aliphatic carbocycles. The standard InChI is InChI=1S/C17H21N3O2/c1-6-22-17-18-12(4)15(13(5)19-17)20-16(21)14-8-7-10(2)11(3)9-14/h7-9H,6H2,1-5H3,(H,20,21). The molecule has 1 heterocycles. The Bertz CT molecular complexity index is 688. The number of aromatic nitrogens is 2. The molecule has 0 fully saturated rings. The van der Waals surface area contributed by atoms with E-state index in [9.17, 15) is 4.79 Å². The number of anilines is 1. The summed E-state index contributed by atoms with van der Waals surface area (Å²) in [7, 11) is 0. The van der Waals surface area contributed by atoms with Crippen LogP contribution >= 0.6 is 0 Å². The molecule has 1 N–H and O–H groups in total. The van der Waals surface area contributed by atoms with Crippen molar-refractivity contribution in [3.05, 3.63) is 46.3 Å². The summed E-state index contributed by atoms with van der Waals surface area (Å²) in [5.41, 5.74) is 4.88. The second kappa shape index (κ2) is 6.56. The molecule has 0 unspecified atom stereocenters. The Morgan fingerprint density at radius 2 is 1.73 bits per heavy atom. The molecule has 0 aliphatic heterocycles. The summed E-state index contributed by atoms with van der Waals surface area (Å²) in [6.45, 7) is 10.0. The number of hydrogen-bond acceptors (Lipinski definition) is 4. The Morgan fingerprint density at radius 1 is 1.09 bits per heavy atom. The van der Waals surface area contributed by atoms with Gasteiger partial charge in [-0.25, -0.2) is 0 Å². The van der Waals surface area contributed by atoms with E-state index in [4.69, 9.17) is 4.74 Å². The third-order valence-corrected chi connectivity index (χ3v) is 3.53. The average Bonchev–Trinajstić information content (AvgIpc) is 2.46. The van der Waals surface area contributed by atoms with Crippen LogP contribution in [-0.4, -0.2) is 22.5 Å². The molecule has 2 rings (SSSR count). The molecule has 22 heavy (non-hydrogen) atoms. The number of nitrogens with zero attached hydrogens (tertiary/aromatic N) is 2. The van der Waals surface area contributed by atoms with E-state index in [2.05, 4.69) is 15.3 Å². The van der Waals surface area contributed by atoms with Crippen molar-refractivity contribution in [1.82, 2.24) is 9.97 Å². The van der Waals surface area contributed by atoms with Crippen LogP contribution < -0.4 is 10.1 Å². The van der Waals surface area contributed by atoms with Crippen LogP contribution in [0.4, 0.5) is 5.69 Å². The topological polar surface area (TPSA) is 64.1 Å². The SMILES string of the molecule is CCOc1nc(C)c(NC(=O)c2ccc(C)c(C)c2)c(C)n1. The maximum atomic E-state index is 12.4. The number of aryl methyl sites for hydroxylation is 4. The smallest absolute Gasteiger partial charge is 0.316 e. The highest BCUT2D eigenvalue weighted by Crippen LogP contribution is 2.21. The number of rotatable bonds is 4. The Labute approximate surface area is 130 Å². The van der Waals surface area contributed by atoms with Crippen molar-refractivity contribution >= 4 is 11.6 Å². The van der Waals surface area contributed by atoms with Crippen LogP contribution in [0.1, 0.15) is 39.8 Å². The van der Waals surface area contributed by atoms with Crippen LogP contribution in [0.2, 0.25) is 0 Å². The first-order valence-electron chi connectivity index (χ1n) is 7.29. The van der Waals surface area contributed by atoms with E-state index in [0.717, 1.165) is 11.1 Å². The van der Waals surface area contributed by atoms with E-state index in [1.807, 2.05) is 52.8 Å². The number of ether oxygens (including phenoxy) is 1. The lowest BCUT2D eigenvalue weighted by molar-refractivity contribution is 0.102. The van der Waals surface area contributed by atoms with Gasteiger partial charge in [-0.3, -0.25) is 4.79 Å². The lowest BCUT2D eigenvalue weighted by Crippen LogP contribution is -2.16. The first-order valence-corrected chi connectivity index (χ1v) is 7.29. The van der Waals surface area contributed by atoms with Crippen LogP contribution in [0.3, 0.4) is 0 Å². The van der Waals surface area contributed by atoms with E-state index < -0.39 is 0 Å². The van der Waals surface area contributed by atoms with Gasteiger partial charge in [0.15, 0.2) is 0 Å². The third kappa shape index (κ3) is 3.42. The number of carbonyl (C=O) groups is 1. The van der Waals surface area contributed by atoms with Crippen molar-refractivity contribution < 1.29 is 9.53 Å². The van der Waals surface area contributed by atoms with Gasteiger partial charge in [-0.05, 0) is 57.9 Å². The first kappa shape index (κ1) is 15.9. The molecule has 0 saturated carbocycles. The molecule has 5 nitrogen and oxygen atoms in total. The van der Waals surface area contributed by atoms with Gasteiger partial charge in [0, 0.05) is 5.56 Å². The summed E-state index contributed by atoms with van der Waals surface area (Å²) in [6, 6.07) is 5.97. The van der Waals surface area contributed by atoms with E-state index in [1.54, 1.807) is 0 Å². The highest BCUT2D eigenvalue weighted by molar-refractivity contribution is 6.05. The molecular weight excluding hydrogens is 278 g/mol. The zero-order chi connectivity index (χ0) is 16.3. The lowest BCUT2D eigenvalue weighted by atomic mass is 10.1. The molecule has 5 heteroatoms. The van der Waals surface area contributed by atoms with Crippen LogP contribution in [0, 0.1) is 27.7 Å². The normalized spacial score (nSPS) is 10.4. The Morgan fingerprint density at radius 3 is 2.27 bits per heavy atom. The molecule has 0 bridgehead atoms. The van der Waals surface area contributed by atoms with Gasteiger partial charge in [0.1, 0.15) is 0 Å². The minimum absolute atomic E-state index is 0.165. The van der Waals surface area contributed by atoms with Crippen molar-refractivity contribution in [1.29, 1.82) is 0 Å². The molecular formula is C17H21N3O2. The minimum Gasteiger partial charge on any atom is -0.464 e. The Balaban J connectivity index is 2.26. The summed E-state index contributed by atoms with van der Waals surface area (Å²) in [6.07, 6.45) is 0. The van der Waals surface area contributed by atoms with Gasteiger partial charge in [-0.2, -0.15) is 9.97 Å². The average molecular weight is 299 g/mol. The highest BCUT2D eigenvalue weighted by atomic mass is 16.5.